The van der Waals surface area contributed by atoms with Crippen LogP contribution in [0.3, 0.4) is 0 Å². The highest BCUT2D eigenvalue weighted by Gasteiger charge is 2.18. The number of amides is 1. The number of unbranched alkanes of at least 4 members (excludes halogenated alkanes) is 57. The van der Waals surface area contributed by atoms with Crippen molar-refractivity contribution in [3.05, 3.63) is 36.5 Å². The van der Waals surface area contributed by atoms with Gasteiger partial charge in [0.05, 0.1) is 18.8 Å². The summed E-state index contributed by atoms with van der Waals surface area (Å²) in [5.41, 5.74) is 0. The third-order valence-electron chi connectivity index (χ3n) is 17.1. The minimum absolute atomic E-state index is 0.0543. The van der Waals surface area contributed by atoms with Crippen LogP contribution in [0.25, 0.3) is 0 Å². The number of carbonyl (C=O) groups excluding carboxylic acids is 1. The Bertz CT molecular complexity index is 1190. The van der Waals surface area contributed by atoms with E-state index in [-0.39, 0.29) is 12.5 Å². The maximum atomic E-state index is 12.5. The second-order valence-corrected chi connectivity index (χ2v) is 25.0. The highest BCUT2D eigenvalue weighted by atomic mass is 16.3. The lowest BCUT2D eigenvalue weighted by atomic mass is 10.0. The maximum Gasteiger partial charge on any atom is 0.220 e. The van der Waals surface area contributed by atoms with Gasteiger partial charge < -0.3 is 15.5 Å². The van der Waals surface area contributed by atoms with E-state index >= 15 is 0 Å². The van der Waals surface area contributed by atoms with E-state index in [1.165, 1.54) is 360 Å². The Morgan fingerprint density at radius 3 is 0.769 bits per heavy atom. The van der Waals surface area contributed by atoms with Gasteiger partial charge in [0.1, 0.15) is 0 Å². The molecule has 0 aromatic carbocycles. The van der Waals surface area contributed by atoms with Gasteiger partial charge in [0, 0.05) is 6.42 Å². The molecule has 2 atom stereocenters. The molecular formula is C74H143NO3. The van der Waals surface area contributed by atoms with Crippen molar-refractivity contribution in [3.8, 4) is 0 Å². The van der Waals surface area contributed by atoms with Crippen molar-refractivity contribution >= 4 is 5.91 Å². The van der Waals surface area contributed by atoms with Gasteiger partial charge in [-0.25, -0.2) is 0 Å². The fraction of sp³-hybridized carbons (Fsp3) is 0.905. The molecule has 2 unspecified atom stereocenters. The average molecular weight is 1090 g/mol. The molecule has 0 fully saturated rings. The normalized spacial score (nSPS) is 12.8. The molecule has 462 valence electrons. The van der Waals surface area contributed by atoms with Gasteiger partial charge in [0.15, 0.2) is 0 Å². The fourth-order valence-electron chi connectivity index (χ4n) is 11.6. The molecule has 0 heterocycles. The van der Waals surface area contributed by atoms with Gasteiger partial charge in [-0.15, -0.1) is 0 Å². The van der Waals surface area contributed by atoms with E-state index in [1.807, 2.05) is 6.08 Å². The maximum absolute atomic E-state index is 12.5. The first-order valence-electron chi connectivity index (χ1n) is 36.2. The Kier molecular flexibility index (Phi) is 68.6. The number of aliphatic hydroxyl groups is 2. The first-order chi connectivity index (χ1) is 38.7. The third kappa shape index (κ3) is 65.4. The zero-order valence-corrected chi connectivity index (χ0v) is 53.5. The minimum atomic E-state index is -0.838. The van der Waals surface area contributed by atoms with E-state index in [1.54, 1.807) is 6.08 Å². The molecule has 0 bridgehead atoms. The van der Waals surface area contributed by atoms with Crippen molar-refractivity contribution in [1.82, 2.24) is 5.32 Å². The number of aliphatic hydroxyl groups excluding tert-OH is 2. The first-order valence-corrected chi connectivity index (χ1v) is 36.2. The second kappa shape index (κ2) is 69.9. The number of rotatable bonds is 68. The summed E-state index contributed by atoms with van der Waals surface area (Å²) in [5.74, 6) is -0.0543. The predicted octanol–water partition coefficient (Wildman–Crippen LogP) is 24.7. The molecule has 0 aliphatic carbocycles. The van der Waals surface area contributed by atoms with E-state index < -0.39 is 12.1 Å². The molecule has 0 saturated carbocycles. The molecule has 0 aromatic heterocycles. The number of allylic oxidation sites excluding steroid dienone is 5. The van der Waals surface area contributed by atoms with Crippen molar-refractivity contribution < 1.29 is 15.0 Å². The van der Waals surface area contributed by atoms with Crippen LogP contribution < -0.4 is 5.32 Å². The summed E-state index contributed by atoms with van der Waals surface area (Å²) < 4.78 is 0. The van der Waals surface area contributed by atoms with Crippen LogP contribution in [0.1, 0.15) is 412 Å². The first kappa shape index (κ1) is 76.6. The Hall–Kier alpha value is -1.39. The molecule has 78 heavy (non-hydrogen) atoms. The second-order valence-electron chi connectivity index (χ2n) is 25.0. The number of hydrogen-bond donors (Lipinski definition) is 3. The standard InChI is InChI=1S/C74H143NO3/c1-3-5-7-9-11-13-15-17-19-21-23-25-27-29-30-31-32-33-34-35-36-37-38-39-40-41-42-43-44-46-48-50-52-54-56-58-60-62-64-66-68-70-74(78)75-72(71-76)73(77)69-67-65-63-61-59-57-55-53-51-49-47-45-28-26-24-22-20-18-16-14-12-10-8-6-4-2/h15,17,21,23,67,69,72-73,76-77H,3-14,16,18-20,22,24-66,68,70-71H2,1-2H3,(H,75,78)/b17-15-,23-21-,69-67+. The van der Waals surface area contributed by atoms with Gasteiger partial charge in [0.25, 0.3) is 0 Å². The predicted molar refractivity (Wildman–Crippen MR) is 350 cm³/mol. The molecule has 1 amide bonds. The number of nitrogens with one attached hydrogen (secondary N) is 1. The summed E-state index contributed by atoms with van der Waals surface area (Å²) in [6.45, 7) is 4.35. The molecule has 0 aliphatic heterocycles. The monoisotopic (exact) mass is 1090 g/mol. The van der Waals surface area contributed by atoms with Crippen LogP contribution in [0.4, 0.5) is 0 Å². The Morgan fingerprint density at radius 2 is 0.526 bits per heavy atom. The summed E-state index contributed by atoms with van der Waals surface area (Å²) in [7, 11) is 0. The molecule has 0 aliphatic rings. The van der Waals surface area contributed by atoms with E-state index in [4.69, 9.17) is 0 Å². The fourth-order valence-corrected chi connectivity index (χ4v) is 11.6. The van der Waals surface area contributed by atoms with Gasteiger partial charge >= 0.3 is 0 Å². The number of carbonyl (C=O) groups is 1. The molecule has 4 heteroatoms. The van der Waals surface area contributed by atoms with Gasteiger partial charge in [-0.3, -0.25) is 4.79 Å². The van der Waals surface area contributed by atoms with Crippen molar-refractivity contribution in [1.29, 1.82) is 0 Å². The lowest BCUT2D eigenvalue weighted by Gasteiger charge is -2.20. The molecule has 0 radical (unpaired) electrons. The highest BCUT2D eigenvalue weighted by Crippen LogP contribution is 2.19. The summed E-state index contributed by atoms with van der Waals surface area (Å²) in [6, 6.07) is -0.621. The van der Waals surface area contributed by atoms with Gasteiger partial charge in [-0.05, 0) is 51.4 Å². The number of hydrogen-bond acceptors (Lipinski definition) is 3. The van der Waals surface area contributed by atoms with Gasteiger partial charge in [0.2, 0.25) is 5.91 Å². The van der Waals surface area contributed by atoms with E-state index in [0.29, 0.717) is 6.42 Å². The summed E-state index contributed by atoms with van der Waals surface area (Å²) >= 11 is 0. The van der Waals surface area contributed by atoms with Gasteiger partial charge in [-0.2, -0.15) is 0 Å². The van der Waals surface area contributed by atoms with Crippen LogP contribution in [-0.2, 0) is 4.79 Å². The smallest absolute Gasteiger partial charge is 0.220 e. The lowest BCUT2D eigenvalue weighted by molar-refractivity contribution is -0.123. The molecular weight excluding hydrogens is 951 g/mol. The lowest BCUT2D eigenvalue weighted by Crippen LogP contribution is -2.45. The SMILES string of the molecule is CCCCCCC/C=C\C/C=C\CCCCCCCCCCCCCCCCCCCCCCCCCCCCCCCC(=O)NC(CO)C(O)/C=C/CCCCCCCCCCCCCCCCCCCCCCCCC. The molecule has 4 nitrogen and oxygen atoms in total. The van der Waals surface area contributed by atoms with Crippen molar-refractivity contribution in [2.24, 2.45) is 0 Å². The van der Waals surface area contributed by atoms with Crippen LogP contribution in [0.15, 0.2) is 36.5 Å². The molecule has 3 N–H and O–H groups in total. The molecule has 0 aromatic rings. The van der Waals surface area contributed by atoms with E-state index in [0.717, 1.165) is 32.1 Å². The average Bonchev–Trinajstić information content (AvgIpc) is 3.44. The Labute approximate surface area is 491 Å². The largest absolute Gasteiger partial charge is 0.394 e. The quantitative estimate of drug-likeness (QED) is 0.0420. The third-order valence-corrected chi connectivity index (χ3v) is 17.1. The van der Waals surface area contributed by atoms with Gasteiger partial charge in [-0.1, -0.05) is 391 Å². The van der Waals surface area contributed by atoms with Crippen LogP contribution >= 0.6 is 0 Å². The molecule has 0 rings (SSSR count). The van der Waals surface area contributed by atoms with Crippen molar-refractivity contribution in [2.45, 2.75) is 424 Å². The zero-order chi connectivity index (χ0) is 56.2. The Balaban J connectivity index is 3.38. The van der Waals surface area contributed by atoms with Crippen LogP contribution in [0, 0.1) is 0 Å². The Morgan fingerprint density at radius 1 is 0.308 bits per heavy atom. The highest BCUT2D eigenvalue weighted by molar-refractivity contribution is 5.76. The van der Waals surface area contributed by atoms with Crippen LogP contribution in [0.5, 0.6) is 0 Å². The van der Waals surface area contributed by atoms with Crippen molar-refractivity contribution in [3.63, 3.8) is 0 Å². The molecule has 0 saturated heterocycles. The van der Waals surface area contributed by atoms with Crippen LogP contribution in [0.2, 0.25) is 0 Å². The topological polar surface area (TPSA) is 69.6 Å². The van der Waals surface area contributed by atoms with Crippen molar-refractivity contribution in [2.75, 3.05) is 6.61 Å². The van der Waals surface area contributed by atoms with E-state index in [2.05, 4.69) is 43.5 Å². The van der Waals surface area contributed by atoms with Crippen LogP contribution in [-0.4, -0.2) is 34.9 Å². The summed E-state index contributed by atoms with van der Waals surface area (Å²) in [5, 5.41) is 23.3. The van der Waals surface area contributed by atoms with E-state index in [9.17, 15) is 15.0 Å². The summed E-state index contributed by atoms with van der Waals surface area (Å²) in [4.78, 5) is 12.5. The minimum Gasteiger partial charge on any atom is -0.394 e. The molecule has 0 spiro atoms. The zero-order valence-electron chi connectivity index (χ0n) is 53.5. The summed E-state index contributed by atoms with van der Waals surface area (Å²) in [6.07, 6.45) is 96.8.